The van der Waals surface area contributed by atoms with Gasteiger partial charge in [0.05, 0.1) is 27.4 Å². The zero-order valence-corrected chi connectivity index (χ0v) is 8.32. The van der Waals surface area contributed by atoms with Gasteiger partial charge >= 0.3 is 11.9 Å². The van der Waals surface area contributed by atoms with Crippen LogP contribution in [0, 0.1) is 5.92 Å². The maximum atomic E-state index is 11.1. The predicted octanol–water partition coefficient (Wildman–Crippen LogP) is 0.151. The van der Waals surface area contributed by atoms with Crippen LogP contribution in [0.4, 0.5) is 0 Å². The summed E-state index contributed by atoms with van der Waals surface area (Å²) in [5, 5.41) is 0. The van der Waals surface area contributed by atoms with Crippen molar-refractivity contribution in [3.63, 3.8) is 0 Å². The molecule has 0 aromatic rings. The van der Waals surface area contributed by atoms with Crippen molar-refractivity contribution in [3.05, 3.63) is 12.7 Å². The number of rotatable bonds is 6. The first kappa shape index (κ1) is 12.6. The number of ether oxygens (including phenoxy) is 3. The van der Waals surface area contributed by atoms with Crippen LogP contribution in [0.25, 0.3) is 0 Å². The lowest BCUT2D eigenvalue weighted by molar-refractivity contribution is -0.161. The first-order chi connectivity index (χ1) is 6.67. The van der Waals surface area contributed by atoms with Gasteiger partial charge in [0.15, 0.2) is 5.92 Å². The van der Waals surface area contributed by atoms with E-state index in [1.807, 2.05) is 0 Å². The fraction of sp³-hybridized carbons (Fsp3) is 0.556. The number of methoxy groups -OCH3 is 2. The van der Waals surface area contributed by atoms with E-state index in [1.54, 1.807) is 0 Å². The molecule has 0 heterocycles. The van der Waals surface area contributed by atoms with Gasteiger partial charge in [0, 0.05) is 0 Å². The standard InChI is InChI=1S/C9H14O5/c1-4-5-14-6-7(8(10)12-2)9(11)13-3/h4,7H,1,5-6H2,2-3H3. The van der Waals surface area contributed by atoms with Gasteiger partial charge in [0.1, 0.15) is 0 Å². The van der Waals surface area contributed by atoms with Gasteiger partial charge in [-0.3, -0.25) is 9.59 Å². The molecule has 5 heteroatoms. The van der Waals surface area contributed by atoms with Crippen LogP contribution in [-0.4, -0.2) is 39.4 Å². The minimum absolute atomic E-state index is 0.0641. The van der Waals surface area contributed by atoms with Gasteiger partial charge in [0.25, 0.3) is 0 Å². The lowest BCUT2D eigenvalue weighted by atomic mass is 10.2. The zero-order chi connectivity index (χ0) is 11.0. The molecule has 80 valence electrons. The Hall–Kier alpha value is -1.36. The van der Waals surface area contributed by atoms with Crippen molar-refractivity contribution in [1.82, 2.24) is 0 Å². The summed E-state index contributed by atoms with van der Waals surface area (Å²) in [6, 6.07) is 0. The molecule has 0 rings (SSSR count). The molecule has 0 fully saturated rings. The lowest BCUT2D eigenvalue weighted by Gasteiger charge is -2.11. The maximum absolute atomic E-state index is 11.1. The van der Waals surface area contributed by atoms with Crippen LogP contribution in [0.2, 0.25) is 0 Å². The smallest absolute Gasteiger partial charge is 0.322 e. The van der Waals surface area contributed by atoms with Crippen molar-refractivity contribution in [2.75, 3.05) is 27.4 Å². The number of carbonyl (C=O) groups is 2. The highest BCUT2D eigenvalue weighted by molar-refractivity contribution is 5.94. The van der Waals surface area contributed by atoms with Crippen LogP contribution in [0.15, 0.2) is 12.7 Å². The zero-order valence-electron chi connectivity index (χ0n) is 8.32. The number of hydrogen-bond acceptors (Lipinski definition) is 5. The van der Waals surface area contributed by atoms with Crippen LogP contribution in [0.3, 0.4) is 0 Å². The van der Waals surface area contributed by atoms with Crippen LogP contribution in [0.1, 0.15) is 0 Å². The van der Waals surface area contributed by atoms with Crippen LogP contribution in [-0.2, 0) is 23.8 Å². The van der Waals surface area contributed by atoms with Crippen molar-refractivity contribution in [3.8, 4) is 0 Å². The van der Waals surface area contributed by atoms with Crippen LogP contribution in [0.5, 0.6) is 0 Å². The van der Waals surface area contributed by atoms with Crippen LogP contribution < -0.4 is 0 Å². The second kappa shape index (κ2) is 7.08. The Morgan fingerprint density at radius 3 is 2.14 bits per heavy atom. The minimum Gasteiger partial charge on any atom is -0.468 e. The normalized spacial score (nSPS) is 9.64. The molecule has 0 unspecified atom stereocenters. The van der Waals surface area contributed by atoms with Crippen molar-refractivity contribution >= 4 is 11.9 Å². The van der Waals surface area contributed by atoms with Crippen molar-refractivity contribution in [1.29, 1.82) is 0 Å². The third-order valence-corrected chi connectivity index (χ3v) is 1.49. The highest BCUT2D eigenvalue weighted by Gasteiger charge is 2.28. The Morgan fingerprint density at radius 2 is 1.79 bits per heavy atom. The second-order valence-electron chi connectivity index (χ2n) is 2.43. The van der Waals surface area contributed by atoms with Crippen molar-refractivity contribution in [2.45, 2.75) is 0 Å². The summed E-state index contributed by atoms with van der Waals surface area (Å²) >= 11 is 0. The highest BCUT2D eigenvalue weighted by atomic mass is 16.5. The van der Waals surface area contributed by atoms with Gasteiger partial charge in [0.2, 0.25) is 0 Å². The molecule has 0 radical (unpaired) electrons. The summed E-state index contributed by atoms with van der Waals surface area (Å²) in [5.74, 6) is -2.35. The van der Waals surface area contributed by atoms with Gasteiger partial charge in [-0.05, 0) is 0 Å². The number of esters is 2. The summed E-state index contributed by atoms with van der Waals surface area (Å²) in [7, 11) is 2.40. The van der Waals surface area contributed by atoms with Gasteiger partial charge in [-0.25, -0.2) is 0 Å². The SMILES string of the molecule is C=CCOCC(C(=O)OC)C(=O)OC. The Balaban J connectivity index is 4.17. The molecule has 0 aliphatic rings. The molecule has 0 aromatic carbocycles. The Labute approximate surface area is 82.6 Å². The Morgan fingerprint density at radius 1 is 1.29 bits per heavy atom. The minimum atomic E-state index is -1.02. The van der Waals surface area contributed by atoms with E-state index in [4.69, 9.17) is 4.74 Å². The van der Waals surface area contributed by atoms with Gasteiger partial charge < -0.3 is 14.2 Å². The summed E-state index contributed by atoms with van der Waals surface area (Å²) in [6.45, 7) is 3.63. The number of hydrogen-bond donors (Lipinski definition) is 0. The molecule has 0 atom stereocenters. The molecule has 0 amide bonds. The average molecular weight is 202 g/mol. The van der Waals surface area contributed by atoms with E-state index >= 15 is 0 Å². The second-order valence-corrected chi connectivity index (χ2v) is 2.43. The van der Waals surface area contributed by atoms with Crippen molar-refractivity contribution < 1.29 is 23.8 Å². The monoisotopic (exact) mass is 202 g/mol. The van der Waals surface area contributed by atoms with Crippen molar-refractivity contribution in [2.24, 2.45) is 5.92 Å². The molecule has 0 bridgehead atoms. The topological polar surface area (TPSA) is 61.8 Å². The lowest BCUT2D eigenvalue weighted by Crippen LogP contribution is -2.30. The van der Waals surface area contributed by atoms with E-state index in [-0.39, 0.29) is 13.2 Å². The maximum Gasteiger partial charge on any atom is 0.322 e. The summed E-state index contributed by atoms with van der Waals surface area (Å²) in [6.07, 6.45) is 1.52. The van der Waals surface area contributed by atoms with E-state index in [0.717, 1.165) is 0 Å². The largest absolute Gasteiger partial charge is 0.468 e. The molecule has 0 N–H and O–H groups in total. The van der Waals surface area contributed by atoms with Crippen LogP contribution >= 0.6 is 0 Å². The first-order valence-corrected chi connectivity index (χ1v) is 4.01. The molecule has 14 heavy (non-hydrogen) atoms. The molecule has 0 saturated heterocycles. The van der Waals surface area contributed by atoms with E-state index in [9.17, 15) is 9.59 Å². The van der Waals surface area contributed by atoms with Gasteiger partial charge in [-0.15, -0.1) is 6.58 Å². The molecular formula is C9H14O5. The summed E-state index contributed by atoms with van der Waals surface area (Å²) in [4.78, 5) is 22.2. The Bertz CT molecular complexity index is 195. The highest BCUT2D eigenvalue weighted by Crippen LogP contribution is 2.03. The first-order valence-electron chi connectivity index (χ1n) is 4.01. The quantitative estimate of drug-likeness (QED) is 0.265. The molecule has 0 saturated carbocycles. The van der Waals surface area contributed by atoms with E-state index in [2.05, 4.69) is 16.1 Å². The molecule has 0 spiro atoms. The number of carbonyl (C=O) groups excluding carboxylic acids is 2. The van der Waals surface area contributed by atoms with E-state index in [0.29, 0.717) is 0 Å². The fourth-order valence-electron chi connectivity index (χ4n) is 0.786. The average Bonchev–Trinajstić information content (AvgIpc) is 2.22. The van der Waals surface area contributed by atoms with E-state index in [1.165, 1.54) is 20.3 Å². The fourth-order valence-corrected chi connectivity index (χ4v) is 0.786. The van der Waals surface area contributed by atoms with Gasteiger partial charge in [-0.1, -0.05) is 6.08 Å². The molecule has 0 aliphatic heterocycles. The molecule has 5 nitrogen and oxygen atoms in total. The molecular weight excluding hydrogens is 188 g/mol. The summed E-state index contributed by atoms with van der Waals surface area (Å²) in [5.41, 5.74) is 0. The molecule has 0 aliphatic carbocycles. The van der Waals surface area contributed by atoms with E-state index < -0.39 is 17.9 Å². The third-order valence-electron chi connectivity index (χ3n) is 1.49. The predicted molar refractivity (Wildman–Crippen MR) is 48.5 cm³/mol. The summed E-state index contributed by atoms with van der Waals surface area (Å²) < 4.78 is 13.8. The Kier molecular flexibility index (Phi) is 6.39. The van der Waals surface area contributed by atoms with Gasteiger partial charge in [-0.2, -0.15) is 0 Å². The third kappa shape index (κ3) is 4.04. The molecule has 0 aromatic heterocycles.